The van der Waals surface area contributed by atoms with E-state index in [1.54, 1.807) is 48.5 Å². The number of nitrogen functional groups attached to an aromatic ring is 1. The third-order valence-corrected chi connectivity index (χ3v) is 1.88. The highest BCUT2D eigenvalue weighted by Crippen LogP contribution is 2.05. The molecule has 3 heteroatoms. The predicted octanol–water partition coefficient (Wildman–Crippen LogP) is 2.47. The summed E-state index contributed by atoms with van der Waals surface area (Å²) >= 11 is 0. The average molecular weight is 215 g/mol. The van der Waals surface area contributed by atoms with Gasteiger partial charge in [-0.1, -0.05) is 30.3 Å². The van der Waals surface area contributed by atoms with Crippen LogP contribution in [-0.2, 0) is 0 Å². The first-order valence-electron chi connectivity index (χ1n) is 4.77. The van der Waals surface area contributed by atoms with Gasteiger partial charge in [0.1, 0.15) is 5.75 Å². The minimum atomic E-state index is 0.322. The van der Waals surface area contributed by atoms with E-state index < -0.39 is 0 Å². The molecule has 0 saturated heterocycles. The molecule has 2 aromatic carbocycles. The molecule has 0 saturated carbocycles. The molecule has 0 aliphatic rings. The van der Waals surface area contributed by atoms with Crippen molar-refractivity contribution in [2.75, 3.05) is 5.73 Å². The van der Waals surface area contributed by atoms with Crippen molar-refractivity contribution in [3.05, 3.63) is 60.2 Å². The molecule has 2 aromatic rings. The normalized spacial score (nSPS) is 8.75. The number of aromatic hydroxyl groups is 1. The summed E-state index contributed by atoms with van der Waals surface area (Å²) < 4.78 is 0. The number of hydrogen-bond donors (Lipinski definition) is 2. The fraction of sp³-hybridized carbons (Fsp3) is 0. The summed E-state index contributed by atoms with van der Waals surface area (Å²) in [6.45, 7) is 0. The molecule has 3 N–H and O–H groups in total. The van der Waals surface area contributed by atoms with Gasteiger partial charge in [-0.05, 0) is 24.3 Å². The quantitative estimate of drug-likeness (QED) is 0.567. The highest BCUT2D eigenvalue weighted by Gasteiger charge is 1.90. The van der Waals surface area contributed by atoms with Crippen molar-refractivity contribution < 1.29 is 9.90 Å². The molecule has 16 heavy (non-hydrogen) atoms. The molecular weight excluding hydrogens is 202 g/mol. The van der Waals surface area contributed by atoms with Crippen LogP contribution in [0, 0.1) is 0 Å². The first-order valence-corrected chi connectivity index (χ1v) is 4.77. The number of carbonyl (C=O) groups excluding carboxylic acids is 1. The van der Waals surface area contributed by atoms with E-state index in [2.05, 4.69) is 0 Å². The molecule has 82 valence electrons. The molecule has 3 nitrogen and oxygen atoms in total. The summed E-state index contributed by atoms with van der Waals surface area (Å²) in [5.41, 5.74) is 6.49. The van der Waals surface area contributed by atoms with Crippen LogP contribution in [-0.4, -0.2) is 11.4 Å². The second kappa shape index (κ2) is 6.24. The summed E-state index contributed by atoms with van der Waals surface area (Å²) in [5.74, 6) is 0.322. The van der Waals surface area contributed by atoms with Crippen LogP contribution in [0.4, 0.5) is 5.69 Å². The Morgan fingerprint density at radius 2 is 1.50 bits per heavy atom. The lowest BCUT2D eigenvalue weighted by Gasteiger charge is -1.92. The van der Waals surface area contributed by atoms with Crippen LogP contribution in [0.1, 0.15) is 10.4 Å². The zero-order chi connectivity index (χ0) is 11.8. The third-order valence-electron chi connectivity index (χ3n) is 1.88. The van der Waals surface area contributed by atoms with Gasteiger partial charge in [-0.15, -0.1) is 0 Å². The van der Waals surface area contributed by atoms with Gasteiger partial charge in [0.15, 0.2) is 6.29 Å². The number of rotatable bonds is 1. The van der Waals surface area contributed by atoms with Gasteiger partial charge in [0.25, 0.3) is 0 Å². The van der Waals surface area contributed by atoms with Crippen molar-refractivity contribution in [1.29, 1.82) is 0 Å². The SMILES string of the molecule is Nc1ccccc1C=O.Oc1ccccc1. The van der Waals surface area contributed by atoms with Crippen LogP contribution >= 0.6 is 0 Å². The van der Waals surface area contributed by atoms with Crippen molar-refractivity contribution in [3.63, 3.8) is 0 Å². The molecule has 0 unspecified atom stereocenters. The van der Waals surface area contributed by atoms with E-state index in [4.69, 9.17) is 10.8 Å². The Labute approximate surface area is 94.2 Å². The Kier molecular flexibility index (Phi) is 4.60. The lowest BCUT2D eigenvalue weighted by molar-refractivity contribution is 0.112. The maximum absolute atomic E-state index is 10.1. The molecule has 0 bridgehead atoms. The van der Waals surface area contributed by atoms with Crippen LogP contribution < -0.4 is 5.73 Å². The molecule has 0 aliphatic carbocycles. The fourth-order valence-corrected chi connectivity index (χ4v) is 1.05. The molecule has 0 radical (unpaired) electrons. The topological polar surface area (TPSA) is 63.3 Å². The van der Waals surface area contributed by atoms with E-state index in [0.29, 0.717) is 17.0 Å². The van der Waals surface area contributed by atoms with Gasteiger partial charge in [-0.3, -0.25) is 4.79 Å². The Bertz CT molecular complexity index is 441. The van der Waals surface area contributed by atoms with E-state index in [9.17, 15) is 4.79 Å². The number of benzene rings is 2. The van der Waals surface area contributed by atoms with Crippen molar-refractivity contribution in [3.8, 4) is 5.75 Å². The number of anilines is 1. The van der Waals surface area contributed by atoms with Gasteiger partial charge in [0.05, 0.1) is 0 Å². The number of hydrogen-bond acceptors (Lipinski definition) is 3. The zero-order valence-corrected chi connectivity index (χ0v) is 8.71. The molecule has 0 aliphatic heterocycles. The summed E-state index contributed by atoms with van der Waals surface area (Å²) in [6.07, 6.45) is 0.745. The minimum Gasteiger partial charge on any atom is -0.508 e. The van der Waals surface area contributed by atoms with Gasteiger partial charge in [-0.25, -0.2) is 0 Å². The highest BCUT2D eigenvalue weighted by atomic mass is 16.3. The Balaban J connectivity index is 0.000000165. The molecule has 0 spiro atoms. The average Bonchev–Trinajstić information content (AvgIpc) is 2.31. The molecule has 0 heterocycles. The van der Waals surface area contributed by atoms with Gasteiger partial charge < -0.3 is 10.8 Å². The number of phenols is 1. The summed E-state index contributed by atoms with van der Waals surface area (Å²) in [5, 5.41) is 8.63. The molecule has 0 atom stereocenters. The number of nitrogens with two attached hydrogens (primary N) is 1. The van der Waals surface area contributed by atoms with Crippen molar-refractivity contribution in [2.24, 2.45) is 0 Å². The predicted molar refractivity (Wildman–Crippen MR) is 64.3 cm³/mol. The first-order chi connectivity index (χ1) is 7.74. The second-order valence-corrected chi connectivity index (χ2v) is 3.08. The van der Waals surface area contributed by atoms with Gasteiger partial charge in [0.2, 0.25) is 0 Å². The number of carbonyl (C=O) groups is 1. The summed E-state index contributed by atoms with van der Waals surface area (Å²) in [7, 11) is 0. The number of aldehydes is 1. The summed E-state index contributed by atoms with van der Waals surface area (Å²) in [4.78, 5) is 10.1. The Morgan fingerprint density at radius 1 is 0.938 bits per heavy atom. The van der Waals surface area contributed by atoms with Crippen molar-refractivity contribution in [2.45, 2.75) is 0 Å². The number of para-hydroxylation sites is 2. The molecule has 0 amide bonds. The summed E-state index contributed by atoms with van der Waals surface area (Å²) in [6, 6.07) is 15.7. The van der Waals surface area contributed by atoms with Crippen LogP contribution in [0.2, 0.25) is 0 Å². The van der Waals surface area contributed by atoms with E-state index in [1.807, 2.05) is 6.07 Å². The molecule has 0 aromatic heterocycles. The largest absolute Gasteiger partial charge is 0.508 e. The lowest BCUT2D eigenvalue weighted by Crippen LogP contribution is -1.90. The second-order valence-electron chi connectivity index (χ2n) is 3.08. The molecule has 2 rings (SSSR count). The van der Waals surface area contributed by atoms with E-state index >= 15 is 0 Å². The monoisotopic (exact) mass is 215 g/mol. The van der Waals surface area contributed by atoms with Crippen LogP contribution in [0.5, 0.6) is 5.75 Å². The van der Waals surface area contributed by atoms with Gasteiger partial charge >= 0.3 is 0 Å². The fourth-order valence-electron chi connectivity index (χ4n) is 1.05. The molecular formula is C13H13NO2. The zero-order valence-electron chi connectivity index (χ0n) is 8.71. The first kappa shape index (κ1) is 11.8. The van der Waals surface area contributed by atoms with E-state index in [0.717, 1.165) is 6.29 Å². The van der Waals surface area contributed by atoms with E-state index in [-0.39, 0.29) is 0 Å². The van der Waals surface area contributed by atoms with Gasteiger partial charge in [-0.2, -0.15) is 0 Å². The standard InChI is InChI=1S/C7H7NO.C6H6O/c8-7-4-2-1-3-6(7)5-9;7-6-4-2-1-3-5-6/h1-5H,8H2;1-5,7H. The lowest BCUT2D eigenvalue weighted by atomic mass is 10.2. The molecule has 0 fully saturated rings. The number of phenolic OH excluding ortho intramolecular Hbond substituents is 1. The maximum atomic E-state index is 10.1. The Hall–Kier alpha value is -2.29. The third kappa shape index (κ3) is 3.84. The van der Waals surface area contributed by atoms with Crippen molar-refractivity contribution in [1.82, 2.24) is 0 Å². The Morgan fingerprint density at radius 3 is 1.88 bits per heavy atom. The smallest absolute Gasteiger partial charge is 0.152 e. The van der Waals surface area contributed by atoms with Crippen LogP contribution in [0.15, 0.2) is 54.6 Å². The highest BCUT2D eigenvalue weighted by molar-refractivity contribution is 5.82. The maximum Gasteiger partial charge on any atom is 0.152 e. The minimum absolute atomic E-state index is 0.322. The van der Waals surface area contributed by atoms with Crippen LogP contribution in [0.3, 0.4) is 0 Å². The van der Waals surface area contributed by atoms with Crippen LogP contribution in [0.25, 0.3) is 0 Å². The van der Waals surface area contributed by atoms with Gasteiger partial charge in [0, 0.05) is 11.3 Å². The van der Waals surface area contributed by atoms with Crippen molar-refractivity contribution >= 4 is 12.0 Å². The van der Waals surface area contributed by atoms with E-state index in [1.165, 1.54) is 0 Å².